The Morgan fingerprint density at radius 2 is 1.31 bits per heavy atom. The predicted molar refractivity (Wildman–Crippen MR) is 122 cm³/mol. The van der Waals surface area contributed by atoms with Crippen LogP contribution in [0.5, 0.6) is 0 Å². The van der Waals surface area contributed by atoms with E-state index in [0.717, 1.165) is 43.1 Å². The van der Waals surface area contributed by atoms with Crippen molar-refractivity contribution in [2.24, 2.45) is 0 Å². The number of hydrogen-bond acceptors (Lipinski definition) is 5. The van der Waals surface area contributed by atoms with E-state index in [0.29, 0.717) is 0 Å². The number of carbonyl (C=O) groups excluding carboxylic acids is 2. The number of thioether (sulfide) groups is 1. The molecule has 0 unspecified atom stereocenters. The van der Waals surface area contributed by atoms with Crippen molar-refractivity contribution in [3.05, 3.63) is 54.1 Å². The van der Waals surface area contributed by atoms with E-state index in [1.165, 1.54) is 17.4 Å². The Hall–Kier alpha value is -2.51. The van der Waals surface area contributed by atoms with Gasteiger partial charge in [0.1, 0.15) is 0 Å². The van der Waals surface area contributed by atoms with E-state index in [4.69, 9.17) is 0 Å². The Kier molecular flexibility index (Phi) is 7.55. The number of likely N-dealkylation sites (N-methyl/N-ethyl adjacent to an activating group) is 1. The van der Waals surface area contributed by atoms with Crippen molar-refractivity contribution in [3.63, 3.8) is 0 Å². The molecule has 154 valence electrons. The van der Waals surface area contributed by atoms with Crippen molar-refractivity contribution >= 4 is 40.6 Å². The lowest BCUT2D eigenvalue weighted by Gasteiger charge is -2.34. The fraction of sp³-hybridized carbons (Fsp3) is 0.364. The van der Waals surface area contributed by atoms with Crippen molar-refractivity contribution in [3.8, 4) is 0 Å². The summed E-state index contributed by atoms with van der Waals surface area (Å²) in [6.07, 6.45) is 0. The first kappa shape index (κ1) is 21.2. The van der Waals surface area contributed by atoms with Crippen LogP contribution in [0.25, 0.3) is 0 Å². The Morgan fingerprint density at radius 3 is 1.83 bits per heavy atom. The lowest BCUT2D eigenvalue weighted by molar-refractivity contribution is -0.114. The van der Waals surface area contributed by atoms with Crippen LogP contribution in [0, 0.1) is 6.92 Å². The minimum atomic E-state index is -0.108. The van der Waals surface area contributed by atoms with Crippen LogP contribution in [0.4, 0.5) is 17.1 Å². The molecule has 1 fully saturated rings. The zero-order valence-corrected chi connectivity index (χ0v) is 17.8. The maximum absolute atomic E-state index is 12.1. The summed E-state index contributed by atoms with van der Waals surface area (Å²) in [5.41, 5.74) is 3.87. The van der Waals surface area contributed by atoms with Crippen molar-refractivity contribution in [2.45, 2.75) is 6.92 Å². The number of aryl methyl sites for hydroxylation is 1. The van der Waals surface area contributed by atoms with Crippen LogP contribution in [0.3, 0.4) is 0 Å². The molecule has 1 aliphatic rings. The molecule has 1 saturated heterocycles. The highest BCUT2D eigenvalue weighted by atomic mass is 32.2. The van der Waals surface area contributed by atoms with Gasteiger partial charge in [0.15, 0.2) is 0 Å². The number of carbonyl (C=O) groups is 2. The molecule has 2 aromatic carbocycles. The second-order valence-corrected chi connectivity index (χ2v) is 8.28. The average Bonchev–Trinajstić information content (AvgIpc) is 2.71. The molecule has 0 aromatic heterocycles. The first-order valence-corrected chi connectivity index (χ1v) is 10.9. The zero-order chi connectivity index (χ0) is 20.6. The second kappa shape index (κ2) is 10.3. The smallest absolute Gasteiger partial charge is 0.234 e. The zero-order valence-electron chi connectivity index (χ0n) is 17.0. The van der Waals surface area contributed by atoms with Gasteiger partial charge in [-0.25, -0.2) is 0 Å². The molecule has 6 nitrogen and oxygen atoms in total. The molecule has 0 atom stereocenters. The van der Waals surface area contributed by atoms with Gasteiger partial charge in [0, 0.05) is 43.2 Å². The molecule has 0 bridgehead atoms. The van der Waals surface area contributed by atoms with Crippen LogP contribution >= 0.6 is 11.8 Å². The van der Waals surface area contributed by atoms with E-state index < -0.39 is 0 Å². The summed E-state index contributed by atoms with van der Waals surface area (Å²) >= 11 is 1.30. The Labute approximate surface area is 176 Å². The topological polar surface area (TPSA) is 64.7 Å². The van der Waals surface area contributed by atoms with Crippen LogP contribution in [-0.4, -0.2) is 61.4 Å². The van der Waals surface area contributed by atoms with E-state index in [-0.39, 0.29) is 23.3 Å². The number of anilines is 3. The van der Waals surface area contributed by atoms with Gasteiger partial charge in [0.2, 0.25) is 11.8 Å². The number of nitrogens with zero attached hydrogens (tertiary/aromatic N) is 2. The minimum Gasteiger partial charge on any atom is -0.369 e. The van der Waals surface area contributed by atoms with Crippen LogP contribution in [0.2, 0.25) is 0 Å². The Morgan fingerprint density at radius 1 is 0.828 bits per heavy atom. The van der Waals surface area contributed by atoms with E-state index >= 15 is 0 Å². The molecule has 2 amide bonds. The molecule has 2 N–H and O–H groups in total. The number of amides is 2. The lowest BCUT2D eigenvalue weighted by Crippen LogP contribution is -2.44. The van der Waals surface area contributed by atoms with Gasteiger partial charge in [-0.15, -0.1) is 11.8 Å². The molecule has 0 spiro atoms. The number of piperazine rings is 1. The highest BCUT2D eigenvalue weighted by Gasteiger charge is 2.14. The van der Waals surface area contributed by atoms with E-state index in [1.807, 2.05) is 55.5 Å². The largest absolute Gasteiger partial charge is 0.369 e. The molecular weight excluding hydrogens is 384 g/mol. The summed E-state index contributed by atoms with van der Waals surface area (Å²) in [7, 11) is 2.14. The average molecular weight is 413 g/mol. The number of hydrogen-bond donors (Lipinski definition) is 2. The predicted octanol–water partition coefficient (Wildman–Crippen LogP) is 3.06. The molecule has 0 radical (unpaired) electrons. The first-order chi connectivity index (χ1) is 14.0. The highest BCUT2D eigenvalue weighted by Crippen LogP contribution is 2.19. The summed E-state index contributed by atoms with van der Waals surface area (Å²) in [5.74, 6) is 0.263. The minimum absolute atomic E-state index is 0.106. The van der Waals surface area contributed by atoms with Gasteiger partial charge >= 0.3 is 0 Å². The van der Waals surface area contributed by atoms with Crippen molar-refractivity contribution < 1.29 is 9.59 Å². The summed E-state index contributed by atoms with van der Waals surface area (Å²) in [5, 5.41) is 5.72. The molecule has 3 rings (SSSR count). The summed E-state index contributed by atoms with van der Waals surface area (Å²) in [6, 6.07) is 15.6. The molecular formula is C22H28N4O2S. The van der Waals surface area contributed by atoms with Gasteiger partial charge in [-0.3, -0.25) is 9.59 Å². The second-order valence-electron chi connectivity index (χ2n) is 7.29. The summed E-state index contributed by atoms with van der Waals surface area (Å²) < 4.78 is 0. The molecule has 29 heavy (non-hydrogen) atoms. The van der Waals surface area contributed by atoms with Crippen molar-refractivity contribution in [2.75, 3.05) is 60.3 Å². The van der Waals surface area contributed by atoms with Gasteiger partial charge in [-0.1, -0.05) is 17.7 Å². The third-order valence-electron chi connectivity index (χ3n) is 4.82. The van der Waals surface area contributed by atoms with Gasteiger partial charge in [0.25, 0.3) is 0 Å². The number of benzene rings is 2. The molecule has 0 saturated carbocycles. The van der Waals surface area contributed by atoms with Crippen LogP contribution in [0.15, 0.2) is 48.5 Å². The standard InChI is InChI=1S/C22H28N4O2S/c1-17-3-5-18(6-4-17)23-21(27)15-29-16-22(28)24-19-7-9-20(10-8-19)26-13-11-25(2)12-14-26/h3-10H,11-16H2,1-2H3,(H,23,27)(H,24,28). The quantitative estimate of drug-likeness (QED) is 0.732. The summed E-state index contributed by atoms with van der Waals surface area (Å²) in [4.78, 5) is 28.8. The maximum atomic E-state index is 12.1. The molecule has 0 aliphatic carbocycles. The van der Waals surface area contributed by atoms with E-state index in [9.17, 15) is 9.59 Å². The van der Waals surface area contributed by atoms with E-state index in [2.05, 4.69) is 27.5 Å². The van der Waals surface area contributed by atoms with Gasteiger partial charge in [-0.2, -0.15) is 0 Å². The highest BCUT2D eigenvalue weighted by molar-refractivity contribution is 8.00. The SMILES string of the molecule is Cc1ccc(NC(=O)CSCC(=O)Nc2ccc(N3CCN(C)CC3)cc2)cc1. The molecule has 2 aromatic rings. The van der Waals surface area contributed by atoms with Gasteiger partial charge < -0.3 is 20.4 Å². The Bertz CT molecular complexity index is 816. The van der Waals surface area contributed by atoms with Crippen LogP contribution < -0.4 is 15.5 Å². The van der Waals surface area contributed by atoms with Gasteiger partial charge in [-0.05, 0) is 50.4 Å². The molecule has 7 heteroatoms. The lowest BCUT2D eigenvalue weighted by atomic mass is 10.2. The third-order valence-corrected chi connectivity index (χ3v) is 5.75. The van der Waals surface area contributed by atoms with Crippen LogP contribution in [-0.2, 0) is 9.59 Å². The number of nitrogens with one attached hydrogen (secondary N) is 2. The Balaban J connectivity index is 1.38. The van der Waals surface area contributed by atoms with Crippen LogP contribution in [0.1, 0.15) is 5.56 Å². The van der Waals surface area contributed by atoms with Crippen molar-refractivity contribution in [1.29, 1.82) is 0 Å². The molecule has 1 aliphatic heterocycles. The monoisotopic (exact) mass is 412 g/mol. The maximum Gasteiger partial charge on any atom is 0.234 e. The third kappa shape index (κ3) is 6.80. The van der Waals surface area contributed by atoms with E-state index in [1.54, 1.807) is 0 Å². The normalized spacial score (nSPS) is 14.5. The fourth-order valence-corrected chi connectivity index (χ4v) is 3.70. The fourth-order valence-electron chi connectivity index (χ4n) is 3.09. The van der Waals surface area contributed by atoms with Gasteiger partial charge in [0.05, 0.1) is 11.5 Å². The summed E-state index contributed by atoms with van der Waals surface area (Å²) in [6.45, 7) is 6.16. The first-order valence-electron chi connectivity index (χ1n) is 9.77. The molecule has 1 heterocycles. The number of rotatable bonds is 7. The van der Waals surface area contributed by atoms with Crippen molar-refractivity contribution in [1.82, 2.24) is 4.90 Å².